The Bertz CT molecular complexity index is 1520. The number of amides is 3. The first-order chi connectivity index (χ1) is 19.0. The predicted molar refractivity (Wildman–Crippen MR) is 149 cm³/mol. The van der Waals surface area contributed by atoms with Gasteiger partial charge in [0.25, 0.3) is 0 Å². The maximum Gasteiger partial charge on any atom is 0.248 e. The number of nitrogens with one attached hydrogen (secondary N) is 1. The zero-order valence-electron chi connectivity index (χ0n) is 21.0. The van der Waals surface area contributed by atoms with Gasteiger partial charge in [0.05, 0.1) is 22.5 Å². The van der Waals surface area contributed by atoms with E-state index < -0.39 is 23.8 Å². The van der Waals surface area contributed by atoms with Gasteiger partial charge in [0, 0.05) is 18.3 Å². The fourth-order valence-corrected chi connectivity index (χ4v) is 7.11. The van der Waals surface area contributed by atoms with Crippen LogP contribution in [0.2, 0.25) is 5.02 Å². The minimum Gasteiger partial charge on any atom is -0.323 e. The summed E-state index contributed by atoms with van der Waals surface area (Å²) in [6.07, 6.45) is 0.212. The number of nitrogens with zero attached hydrogens (tertiary/aromatic N) is 1. The Morgan fingerprint density at radius 1 is 0.692 bits per heavy atom. The highest BCUT2D eigenvalue weighted by Gasteiger charge is 2.63. The molecular formula is C33H25ClN2O3. The molecule has 3 aliphatic carbocycles. The summed E-state index contributed by atoms with van der Waals surface area (Å²) in [6, 6.07) is 31.7. The maximum absolute atomic E-state index is 14.3. The molecule has 0 unspecified atom stereocenters. The van der Waals surface area contributed by atoms with E-state index in [2.05, 4.69) is 29.6 Å². The third-order valence-electron chi connectivity index (χ3n) is 8.50. The second-order valence-corrected chi connectivity index (χ2v) is 10.9. The SMILES string of the molecule is O=C(Nc1ccccc1Cl)[C@H](Cc1ccccc1)N1C(=O)[C@@H]2C3c4ccccc4C(c4ccccc43)[C@@H]2C1=O. The van der Waals surface area contributed by atoms with Crippen molar-refractivity contribution in [2.24, 2.45) is 11.8 Å². The number of benzene rings is 4. The molecule has 2 bridgehead atoms. The number of hydrogen-bond acceptors (Lipinski definition) is 3. The van der Waals surface area contributed by atoms with Gasteiger partial charge in [0.1, 0.15) is 6.04 Å². The average Bonchev–Trinajstić information content (AvgIpc) is 3.23. The normalized spacial score (nSPS) is 23.2. The number of hydrogen-bond donors (Lipinski definition) is 1. The number of para-hydroxylation sites is 1. The monoisotopic (exact) mass is 532 g/mol. The predicted octanol–water partition coefficient (Wildman–Crippen LogP) is 5.78. The molecule has 1 heterocycles. The number of carbonyl (C=O) groups excluding carboxylic acids is 3. The van der Waals surface area contributed by atoms with E-state index in [0.717, 1.165) is 27.8 Å². The lowest BCUT2D eigenvalue weighted by Crippen LogP contribution is -2.49. The molecule has 0 aromatic heterocycles. The van der Waals surface area contributed by atoms with Crippen molar-refractivity contribution in [3.05, 3.63) is 136 Å². The minimum absolute atomic E-state index is 0.212. The lowest BCUT2D eigenvalue weighted by atomic mass is 9.55. The quantitative estimate of drug-likeness (QED) is 0.331. The van der Waals surface area contributed by atoms with E-state index in [9.17, 15) is 14.4 Å². The molecule has 39 heavy (non-hydrogen) atoms. The Labute approximate surface area is 231 Å². The van der Waals surface area contributed by atoms with Crippen molar-refractivity contribution in [3.8, 4) is 0 Å². The summed E-state index contributed by atoms with van der Waals surface area (Å²) in [5.41, 5.74) is 5.72. The van der Waals surface area contributed by atoms with Crippen LogP contribution in [0.5, 0.6) is 0 Å². The first-order valence-electron chi connectivity index (χ1n) is 13.2. The number of carbonyl (C=O) groups is 3. The molecule has 0 saturated carbocycles. The fourth-order valence-electron chi connectivity index (χ4n) is 6.92. The van der Waals surface area contributed by atoms with Crippen LogP contribution in [0.3, 0.4) is 0 Å². The molecule has 4 aromatic carbocycles. The van der Waals surface area contributed by atoms with Gasteiger partial charge in [-0.3, -0.25) is 19.3 Å². The third kappa shape index (κ3) is 3.64. The molecule has 192 valence electrons. The van der Waals surface area contributed by atoms with E-state index >= 15 is 0 Å². The van der Waals surface area contributed by atoms with E-state index in [1.807, 2.05) is 54.6 Å². The third-order valence-corrected chi connectivity index (χ3v) is 8.83. The van der Waals surface area contributed by atoms with Gasteiger partial charge in [-0.2, -0.15) is 0 Å². The first-order valence-corrected chi connectivity index (χ1v) is 13.6. The lowest BCUT2D eigenvalue weighted by Gasteiger charge is -2.45. The van der Waals surface area contributed by atoms with Crippen LogP contribution in [-0.4, -0.2) is 28.7 Å². The first kappa shape index (κ1) is 23.9. The molecule has 4 aliphatic rings. The maximum atomic E-state index is 14.3. The zero-order valence-corrected chi connectivity index (χ0v) is 21.7. The van der Waals surface area contributed by atoms with Crippen molar-refractivity contribution in [2.45, 2.75) is 24.3 Å². The van der Waals surface area contributed by atoms with Crippen LogP contribution >= 0.6 is 11.6 Å². The van der Waals surface area contributed by atoms with Gasteiger partial charge in [0.2, 0.25) is 17.7 Å². The summed E-state index contributed by atoms with van der Waals surface area (Å²) in [5.74, 6) is -2.53. The Morgan fingerprint density at radius 2 is 1.15 bits per heavy atom. The standard InChI is InChI=1S/C33H25ClN2O3/c34-24-16-8-9-17-25(24)35-31(37)26(18-19-10-2-1-3-11-19)36-32(38)29-27-20-12-4-5-13-21(20)28(30(29)33(36)39)23-15-7-6-14-22(23)27/h1-17,26-30H,18H2,(H,35,37)/t26-,27?,28?,29-,30+/m0/s1. The molecule has 1 fully saturated rings. The lowest BCUT2D eigenvalue weighted by molar-refractivity contribution is -0.146. The van der Waals surface area contributed by atoms with Crippen LogP contribution < -0.4 is 5.32 Å². The summed E-state index contributed by atoms with van der Waals surface area (Å²) < 4.78 is 0. The van der Waals surface area contributed by atoms with E-state index in [4.69, 9.17) is 11.6 Å². The molecule has 3 amide bonds. The molecule has 0 spiro atoms. The largest absolute Gasteiger partial charge is 0.323 e. The molecule has 1 saturated heterocycles. The summed E-state index contributed by atoms with van der Waals surface area (Å²) >= 11 is 6.34. The number of anilines is 1. The second-order valence-electron chi connectivity index (χ2n) is 10.5. The van der Waals surface area contributed by atoms with Gasteiger partial charge in [-0.15, -0.1) is 0 Å². The molecule has 0 radical (unpaired) electrons. The van der Waals surface area contributed by atoms with Crippen LogP contribution in [0, 0.1) is 11.8 Å². The van der Waals surface area contributed by atoms with Crippen LogP contribution in [0.4, 0.5) is 5.69 Å². The van der Waals surface area contributed by atoms with Gasteiger partial charge in [0.15, 0.2) is 0 Å². The molecule has 5 nitrogen and oxygen atoms in total. The van der Waals surface area contributed by atoms with Crippen molar-refractivity contribution in [2.75, 3.05) is 5.32 Å². The van der Waals surface area contributed by atoms with Crippen molar-refractivity contribution in [3.63, 3.8) is 0 Å². The number of halogens is 1. The topological polar surface area (TPSA) is 66.5 Å². The Kier molecular flexibility index (Phi) is 5.64. The fraction of sp³-hybridized carbons (Fsp3) is 0.182. The van der Waals surface area contributed by atoms with Gasteiger partial charge >= 0.3 is 0 Å². The highest BCUT2D eigenvalue weighted by molar-refractivity contribution is 6.33. The van der Waals surface area contributed by atoms with E-state index in [1.165, 1.54) is 4.90 Å². The molecule has 1 aliphatic heterocycles. The van der Waals surface area contributed by atoms with Crippen molar-refractivity contribution >= 4 is 35.0 Å². The molecule has 3 atom stereocenters. The van der Waals surface area contributed by atoms with E-state index in [-0.39, 0.29) is 30.1 Å². The molecular weight excluding hydrogens is 508 g/mol. The van der Waals surface area contributed by atoms with Crippen LogP contribution in [-0.2, 0) is 20.8 Å². The number of imide groups is 1. The van der Waals surface area contributed by atoms with Gasteiger partial charge in [-0.05, 0) is 39.9 Å². The van der Waals surface area contributed by atoms with Crippen molar-refractivity contribution < 1.29 is 14.4 Å². The highest BCUT2D eigenvalue weighted by atomic mass is 35.5. The summed E-state index contributed by atoms with van der Waals surface area (Å²) in [4.78, 5) is 43.7. The van der Waals surface area contributed by atoms with Gasteiger partial charge < -0.3 is 5.32 Å². The van der Waals surface area contributed by atoms with E-state index in [1.54, 1.807) is 24.3 Å². The van der Waals surface area contributed by atoms with Gasteiger partial charge in [-0.25, -0.2) is 0 Å². The van der Waals surface area contributed by atoms with Crippen LogP contribution in [0.25, 0.3) is 0 Å². The Hall–Kier alpha value is -4.22. The Morgan fingerprint density at radius 3 is 1.67 bits per heavy atom. The smallest absolute Gasteiger partial charge is 0.248 e. The summed E-state index contributed by atoms with van der Waals surface area (Å²) in [6.45, 7) is 0. The summed E-state index contributed by atoms with van der Waals surface area (Å²) in [7, 11) is 0. The molecule has 1 N–H and O–H groups in total. The van der Waals surface area contributed by atoms with Gasteiger partial charge in [-0.1, -0.05) is 103 Å². The second kappa shape index (κ2) is 9.21. The average molecular weight is 533 g/mol. The van der Waals surface area contributed by atoms with E-state index in [0.29, 0.717) is 10.7 Å². The van der Waals surface area contributed by atoms with Crippen molar-refractivity contribution in [1.82, 2.24) is 4.90 Å². The zero-order chi connectivity index (χ0) is 26.7. The molecule has 6 heteroatoms. The minimum atomic E-state index is -1.01. The molecule has 4 aromatic rings. The number of rotatable bonds is 5. The highest BCUT2D eigenvalue weighted by Crippen LogP contribution is 2.61. The Balaban J connectivity index is 1.32. The van der Waals surface area contributed by atoms with Crippen LogP contribution in [0.15, 0.2) is 103 Å². The summed E-state index contributed by atoms with van der Waals surface area (Å²) in [5, 5.41) is 3.28. The number of likely N-dealkylation sites (tertiary alicyclic amines) is 1. The van der Waals surface area contributed by atoms with Crippen molar-refractivity contribution in [1.29, 1.82) is 0 Å². The molecule has 8 rings (SSSR count). The van der Waals surface area contributed by atoms with Crippen LogP contribution in [0.1, 0.15) is 39.7 Å².